The van der Waals surface area contributed by atoms with Crippen LogP contribution in [0.15, 0.2) is 53.0 Å². The molecule has 0 bridgehead atoms. The third-order valence-electron chi connectivity index (χ3n) is 5.66. The van der Waals surface area contributed by atoms with Crippen LogP contribution in [0, 0.1) is 12.8 Å². The van der Waals surface area contributed by atoms with Crippen molar-refractivity contribution in [3.05, 3.63) is 64.1 Å². The van der Waals surface area contributed by atoms with Gasteiger partial charge < -0.3 is 10.2 Å². The zero-order valence-corrected chi connectivity index (χ0v) is 23.5. The van der Waals surface area contributed by atoms with Gasteiger partial charge in [0.05, 0.1) is 11.9 Å². The number of sulfonamides is 1. The summed E-state index contributed by atoms with van der Waals surface area (Å²) in [7, 11) is -3.75. The Morgan fingerprint density at radius 1 is 1.09 bits per heavy atom. The number of anilines is 1. The highest BCUT2D eigenvalue weighted by molar-refractivity contribution is 9.10. The van der Waals surface area contributed by atoms with E-state index >= 15 is 0 Å². The number of nitrogens with zero attached hydrogens (tertiary/aromatic N) is 2. The van der Waals surface area contributed by atoms with E-state index < -0.39 is 22.0 Å². The molecule has 0 aromatic heterocycles. The fraction of sp³-hybridized carbons (Fsp3) is 0.462. The minimum absolute atomic E-state index is 0.229. The second kappa shape index (κ2) is 13.1. The highest BCUT2D eigenvalue weighted by Crippen LogP contribution is 2.25. The summed E-state index contributed by atoms with van der Waals surface area (Å²) >= 11 is 3.43. The van der Waals surface area contributed by atoms with Gasteiger partial charge in [-0.05, 0) is 55.0 Å². The molecule has 0 radical (unpaired) electrons. The fourth-order valence-electron chi connectivity index (χ4n) is 3.72. The summed E-state index contributed by atoms with van der Waals surface area (Å²) in [5.41, 5.74) is 2.29. The molecule has 0 aliphatic rings. The van der Waals surface area contributed by atoms with Gasteiger partial charge in [0.15, 0.2) is 0 Å². The first kappa shape index (κ1) is 28.8. The molecule has 0 saturated heterocycles. The summed E-state index contributed by atoms with van der Waals surface area (Å²) in [5.74, 6) is -0.377. The standard InChI is InChI=1S/C26H36BrN3O4S/c1-6-24(26(32)28-17-19(2)3)29(15-14-21-10-8-7-9-11-21)25(31)18-30(35(5,33)34)22-12-13-23(27)20(4)16-22/h7-13,16,19,24H,6,14-15,17-18H2,1-5H3,(H,28,32). The van der Waals surface area contributed by atoms with Crippen molar-refractivity contribution in [2.45, 2.75) is 46.6 Å². The van der Waals surface area contributed by atoms with Crippen molar-refractivity contribution in [1.82, 2.24) is 10.2 Å². The lowest BCUT2D eigenvalue weighted by Crippen LogP contribution is -2.53. The van der Waals surface area contributed by atoms with E-state index in [1.807, 2.05) is 58.0 Å². The Balaban J connectivity index is 2.36. The van der Waals surface area contributed by atoms with Gasteiger partial charge in [0.25, 0.3) is 0 Å². The van der Waals surface area contributed by atoms with Gasteiger partial charge in [0.1, 0.15) is 12.6 Å². The SMILES string of the molecule is CCC(C(=O)NCC(C)C)N(CCc1ccccc1)C(=O)CN(c1ccc(Br)c(C)c1)S(C)(=O)=O. The van der Waals surface area contributed by atoms with Crippen molar-refractivity contribution in [1.29, 1.82) is 0 Å². The number of hydrogen-bond donors (Lipinski definition) is 1. The highest BCUT2D eigenvalue weighted by Gasteiger charge is 2.31. The number of amides is 2. The lowest BCUT2D eigenvalue weighted by molar-refractivity contribution is -0.139. The van der Waals surface area contributed by atoms with Crippen LogP contribution in [0.3, 0.4) is 0 Å². The van der Waals surface area contributed by atoms with Crippen molar-refractivity contribution in [2.24, 2.45) is 5.92 Å². The average Bonchev–Trinajstić information content (AvgIpc) is 2.80. The summed E-state index contributed by atoms with van der Waals surface area (Å²) in [5, 5.41) is 2.93. The summed E-state index contributed by atoms with van der Waals surface area (Å²) in [6.07, 6.45) is 2.05. The highest BCUT2D eigenvalue weighted by atomic mass is 79.9. The van der Waals surface area contributed by atoms with Gasteiger partial charge in [-0.3, -0.25) is 13.9 Å². The van der Waals surface area contributed by atoms with Crippen LogP contribution in [0.4, 0.5) is 5.69 Å². The number of hydrogen-bond acceptors (Lipinski definition) is 4. The number of halogens is 1. The first-order valence-corrected chi connectivity index (χ1v) is 14.4. The number of aryl methyl sites for hydroxylation is 1. The third kappa shape index (κ3) is 8.65. The Morgan fingerprint density at radius 2 is 1.74 bits per heavy atom. The smallest absolute Gasteiger partial charge is 0.244 e. The largest absolute Gasteiger partial charge is 0.354 e. The molecule has 2 rings (SSSR count). The molecular formula is C26H36BrN3O4S. The quantitative estimate of drug-likeness (QED) is 0.419. The zero-order valence-electron chi connectivity index (χ0n) is 21.1. The molecule has 0 spiro atoms. The van der Waals surface area contributed by atoms with E-state index in [0.717, 1.165) is 26.2 Å². The lowest BCUT2D eigenvalue weighted by Gasteiger charge is -2.33. The van der Waals surface area contributed by atoms with E-state index in [-0.39, 0.29) is 18.4 Å². The number of carbonyl (C=O) groups is 2. The molecule has 0 saturated carbocycles. The summed E-state index contributed by atoms with van der Waals surface area (Å²) in [4.78, 5) is 28.2. The van der Waals surface area contributed by atoms with E-state index in [2.05, 4.69) is 21.2 Å². The van der Waals surface area contributed by atoms with Gasteiger partial charge in [-0.25, -0.2) is 8.42 Å². The minimum atomic E-state index is -3.75. The van der Waals surface area contributed by atoms with Crippen LogP contribution in [-0.4, -0.2) is 57.1 Å². The molecule has 1 atom stereocenters. The van der Waals surface area contributed by atoms with Crippen molar-refractivity contribution in [3.63, 3.8) is 0 Å². The molecule has 1 unspecified atom stereocenters. The van der Waals surface area contributed by atoms with E-state index in [4.69, 9.17) is 0 Å². The average molecular weight is 567 g/mol. The second-order valence-electron chi connectivity index (χ2n) is 9.09. The van der Waals surface area contributed by atoms with E-state index in [9.17, 15) is 18.0 Å². The summed E-state index contributed by atoms with van der Waals surface area (Å²) in [6.45, 7) is 8.14. The van der Waals surface area contributed by atoms with E-state index in [0.29, 0.717) is 31.6 Å². The van der Waals surface area contributed by atoms with Crippen molar-refractivity contribution < 1.29 is 18.0 Å². The third-order valence-corrected chi connectivity index (χ3v) is 7.69. The second-order valence-corrected chi connectivity index (χ2v) is 11.9. The van der Waals surface area contributed by atoms with Gasteiger partial charge in [-0.2, -0.15) is 0 Å². The Hall–Kier alpha value is -2.39. The van der Waals surface area contributed by atoms with E-state index in [1.165, 1.54) is 4.90 Å². The normalized spacial score (nSPS) is 12.3. The maximum Gasteiger partial charge on any atom is 0.244 e. The first-order chi connectivity index (χ1) is 16.4. The zero-order chi connectivity index (χ0) is 26.2. The minimum Gasteiger partial charge on any atom is -0.354 e. The van der Waals surface area contributed by atoms with Crippen LogP contribution < -0.4 is 9.62 Å². The molecule has 9 heteroatoms. The molecule has 2 aromatic carbocycles. The van der Waals surface area contributed by atoms with Crippen LogP contribution in [-0.2, 0) is 26.0 Å². The molecule has 0 fully saturated rings. The van der Waals surface area contributed by atoms with Crippen molar-refractivity contribution in [2.75, 3.05) is 30.2 Å². The number of nitrogens with one attached hydrogen (secondary N) is 1. The predicted octanol–water partition coefficient (Wildman–Crippen LogP) is 4.15. The van der Waals surface area contributed by atoms with Crippen LogP contribution >= 0.6 is 15.9 Å². The maximum absolute atomic E-state index is 13.6. The van der Waals surface area contributed by atoms with Crippen molar-refractivity contribution in [3.8, 4) is 0 Å². The Bertz CT molecular complexity index is 1110. The lowest BCUT2D eigenvalue weighted by atomic mass is 10.1. The molecule has 192 valence electrons. The molecule has 7 nitrogen and oxygen atoms in total. The molecule has 1 N–H and O–H groups in total. The number of benzene rings is 2. The topological polar surface area (TPSA) is 86.8 Å². The molecule has 35 heavy (non-hydrogen) atoms. The molecule has 0 aliphatic carbocycles. The molecule has 0 heterocycles. The van der Waals surface area contributed by atoms with Gasteiger partial charge in [-0.15, -0.1) is 0 Å². The molecule has 0 aliphatic heterocycles. The van der Waals surface area contributed by atoms with E-state index in [1.54, 1.807) is 18.2 Å². The molecule has 2 amide bonds. The monoisotopic (exact) mass is 565 g/mol. The number of carbonyl (C=O) groups excluding carboxylic acids is 2. The van der Waals surface area contributed by atoms with Crippen molar-refractivity contribution >= 4 is 43.5 Å². The van der Waals surface area contributed by atoms with Crippen LogP contribution in [0.1, 0.15) is 38.3 Å². The van der Waals surface area contributed by atoms with Crippen LogP contribution in [0.2, 0.25) is 0 Å². The maximum atomic E-state index is 13.6. The molecular weight excluding hydrogens is 530 g/mol. The summed E-state index contributed by atoms with van der Waals surface area (Å²) < 4.78 is 27.3. The Kier molecular flexibility index (Phi) is 10.8. The molecule has 2 aromatic rings. The van der Waals surface area contributed by atoms with Gasteiger partial charge in [-0.1, -0.05) is 67.0 Å². The number of rotatable bonds is 12. The van der Waals surface area contributed by atoms with Crippen LogP contribution in [0.25, 0.3) is 0 Å². The van der Waals surface area contributed by atoms with Gasteiger partial charge in [0, 0.05) is 17.6 Å². The Labute approximate surface area is 218 Å². The van der Waals surface area contributed by atoms with Crippen LogP contribution in [0.5, 0.6) is 0 Å². The van der Waals surface area contributed by atoms with Gasteiger partial charge in [0.2, 0.25) is 21.8 Å². The summed E-state index contributed by atoms with van der Waals surface area (Å²) in [6, 6.07) is 14.2. The fourth-order valence-corrected chi connectivity index (χ4v) is 4.80. The predicted molar refractivity (Wildman–Crippen MR) is 145 cm³/mol. The Morgan fingerprint density at radius 3 is 2.29 bits per heavy atom. The van der Waals surface area contributed by atoms with Gasteiger partial charge >= 0.3 is 0 Å². The first-order valence-electron chi connectivity index (χ1n) is 11.8.